The van der Waals surface area contributed by atoms with Crippen LogP contribution in [0.1, 0.15) is 50.5 Å². The largest absolute Gasteiger partial charge is 0.479 e. The number of carboxylic acids is 1. The van der Waals surface area contributed by atoms with Gasteiger partial charge in [0, 0.05) is 5.92 Å². The van der Waals surface area contributed by atoms with Crippen molar-refractivity contribution in [3.8, 4) is 5.75 Å². The van der Waals surface area contributed by atoms with Crippen molar-refractivity contribution in [1.82, 2.24) is 0 Å². The van der Waals surface area contributed by atoms with E-state index in [2.05, 4.69) is 0 Å². The molecule has 5 atom stereocenters. The van der Waals surface area contributed by atoms with Gasteiger partial charge in [-0.3, -0.25) is 9.59 Å². The van der Waals surface area contributed by atoms with Crippen LogP contribution in [0.5, 0.6) is 5.75 Å². The van der Waals surface area contributed by atoms with Crippen LogP contribution >= 0.6 is 0 Å². The van der Waals surface area contributed by atoms with E-state index in [1.54, 1.807) is 34.6 Å². The molecule has 1 saturated heterocycles. The number of ketones is 1. The van der Waals surface area contributed by atoms with Crippen LogP contribution in [0.2, 0.25) is 0 Å². The molecule has 0 amide bonds. The first kappa shape index (κ1) is 25.7. The zero-order valence-corrected chi connectivity index (χ0v) is 18.6. The highest BCUT2D eigenvalue weighted by atomic mass is 16.7. The molecule has 10 heteroatoms. The average molecular weight is 454 g/mol. The fourth-order valence-corrected chi connectivity index (χ4v) is 2.91. The lowest BCUT2D eigenvalue weighted by Crippen LogP contribution is -2.61. The summed E-state index contributed by atoms with van der Waals surface area (Å²) in [6, 6.07) is 4.42. The number of benzene rings is 1. The minimum absolute atomic E-state index is 0.0219. The smallest absolute Gasteiger partial charge is 0.335 e. The Balaban J connectivity index is 2.31. The fourth-order valence-electron chi connectivity index (χ4n) is 2.91. The minimum atomic E-state index is -1.86. The van der Waals surface area contributed by atoms with Gasteiger partial charge in [-0.25, -0.2) is 4.79 Å². The van der Waals surface area contributed by atoms with Crippen molar-refractivity contribution in [2.45, 2.75) is 71.9 Å². The van der Waals surface area contributed by atoms with Gasteiger partial charge in [-0.2, -0.15) is 0 Å². The first-order chi connectivity index (χ1) is 14.7. The molecule has 4 N–H and O–H groups in total. The molecule has 2 rings (SSSR count). The average Bonchev–Trinajstić information content (AvgIpc) is 2.71. The van der Waals surface area contributed by atoms with Gasteiger partial charge in [0.15, 0.2) is 11.9 Å². The van der Waals surface area contributed by atoms with Crippen LogP contribution in [0.25, 0.3) is 0 Å². The van der Waals surface area contributed by atoms with Gasteiger partial charge >= 0.3 is 11.9 Å². The monoisotopic (exact) mass is 454 g/mol. The molecule has 1 aromatic rings. The number of esters is 1. The van der Waals surface area contributed by atoms with E-state index in [1.807, 2.05) is 0 Å². The Labute approximate surface area is 185 Å². The topological polar surface area (TPSA) is 160 Å². The molecule has 1 aromatic carbocycles. The van der Waals surface area contributed by atoms with E-state index < -0.39 is 54.0 Å². The van der Waals surface area contributed by atoms with Crippen molar-refractivity contribution in [3.05, 3.63) is 29.3 Å². The Bertz CT molecular complexity index is 857. The third-order valence-electron chi connectivity index (χ3n) is 4.87. The zero-order chi connectivity index (χ0) is 24.4. The molecule has 178 valence electrons. The van der Waals surface area contributed by atoms with Gasteiger partial charge in [-0.05, 0) is 38.5 Å². The van der Waals surface area contributed by atoms with Crippen molar-refractivity contribution < 1.29 is 49.0 Å². The van der Waals surface area contributed by atoms with Gasteiger partial charge in [0.1, 0.15) is 30.7 Å². The Kier molecular flexibility index (Phi) is 8.00. The maximum Gasteiger partial charge on any atom is 0.335 e. The van der Waals surface area contributed by atoms with Crippen LogP contribution in [0, 0.1) is 11.3 Å². The van der Waals surface area contributed by atoms with E-state index >= 15 is 0 Å². The molecule has 10 nitrogen and oxygen atoms in total. The van der Waals surface area contributed by atoms with E-state index in [1.165, 1.54) is 18.2 Å². The standard InChI is InChI=1S/C22H30O10/c1-10(2)14(23)12-8-11(9-30-21(29)22(3,4)5)6-7-13(12)31-20-17(26)15(24)16(25)18(32-20)19(27)28/h6-8,10,15-18,20,24-26H,9H2,1-5H3,(H,27,28)/t15-,16-,17+,18-,20+/m0/s1. The van der Waals surface area contributed by atoms with E-state index in [4.69, 9.17) is 14.2 Å². The number of carbonyl (C=O) groups is 3. The molecule has 1 aliphatic heterocycles. The summed E-state index contributed by atoms with van der Waals surface area (Å²) in [5.41, 5.74) is -0.0734. The SMILES string of the molecule is CC(C)C(=O)c1cc(COC(=O)C(C)(C)C)ccc1O[C@@H]1O[C@H](C(=O)O)[C@@H](O)[C@H](O)[C@H]1O. The van der Waals surface area contributed by atoms with Crippen LogP contribution < -0.4 is 4.74 Å². The van der Waals surface area contributed by atoms with Gasteiger partial charge in [0.2, 0.25) is 6.29 Å². The molecule has 0 aromatic heterocycles. The van der Waals surface area contributed by atoms with Gasteiger partial charge < -0.3 is 34.6 Å². The Morgan fingerprint density at radius 3 is 2.22 bits per heavy atom. The third kappa shape index (κ3) is 5.83. The number of rotatable bonds is 7. The summed E-state index contributed by atoms with van der Waals surface area (Å²) in [7, 11) is 0. The van der Waals surface area contributed by atoms with Crippen LogP contribution in [0.15, 0.2) is 18.2 Å². The number of aliphatic carboxylic acids is 1. The molecule has 32 heavy (non-hydrogen) atoms. The number of carboxylic acid groups (broad SMARTS) is 1. The lowest BCUT2D eigenvalue weighted by atomic mass is 9.97. The fraction of sp³-hybridized carbons (Fsp3) is 0.591. The molecular formula is C22H30O10. The Hall–Kier alpha value is -2.53. The first-order valence-electron chi connectivity index (χ1n) is 10.2. The second-order valence-electron chi connectivity index (χ2n) is 9.03. The second kappa shape index (κ2) is 9.95. The van der Waals surface area contributed by atoms with Crippen molar-refractivity contribution >= 4 is 17.7 Å². The van der Waals surface area contributed by atoms with Gasteiger partial charge in [-0.15, -0.1) is 0 Å². The number of ether oxygens (including phenoxy) is 3. The highest BCUT2D eigenvalue weighted by molar-refractivity contribution is 6.00. The van der Waals surface area contributed by atoms with Crippen LogP contribution in [0.3, 0.4) is 0 Å². The summed E-state index contributed by atoms with van der Waals surface area (Å²) in [5.74, 6) is -2.73. The summed E-state index contributed by atoms with van der Waals surface area (Å²) in [6.45, 7) is 8.40. The predicted octanol–water partition coefficient (Wildman–Crippen LogP) is 0.886. The van der Waals surface area contributed by atoms with Crippen LogP contribution in [-0.2, 0) is 25.7 Å². The number of aliphatic hydroxyl groups is 3. The summed E-state index contributed by atoms with van der Waals surface area (Å²) >= 11 is 0. The first-order valence-corrected chi connectivity index (χ1v) is 10.2. The quantitative estimate of drug-likeness (QED) is 0.344. The molecule has 1 aliphatic rings. The summed E-state index contributed by atoms with van der Waals surface area (Å²) < 4.78 is 16.0. The zero-order valence-electron chi connectivity index (χ0n) is 18.6. The second-order valence-corrected chi connectivity index (χ2v) is 9.03. The molecular weight excluding hydrogens is 424 g/mol. The van der Waals surface area contributed by atoms with Gasteiger partial charge in [-0.1, -0.05) is 19.9 Å². The molecule has 0 saturated carbocycles. The minimum Gasteiger partial charge on any atom is -0.479 e. The predicted molar refractivity (Wildman–Crippen MR) is 110 cm³/mol. The maximum absolute atomic E-state index is 12.8. The van der Waals surface area contributed by atoms with Crippen LogP contribution in [-0.4, -0.2) is 68.9 Å². The summed E-state index contributed by atoms with van der Waals surface area (Å²) in [5, 5.41) is 39.2. The van der Waals surface area contributed by atoms with E-state index in [0.29, 0.717) is 5.56 Å². The molecule has 0 aliphatic carbocycles. The normalized spacial score (nSPS) is 26.0. The molecule has 1 fully saturated rings. The highest BCUT2D eigenvalue weighted by Crippen LogP contribution is 2.29. The number of hydrogen-bond donors (Lipinski definition) is 4. The molecule has 1 heterocycles. The number of Topliss-reactive ketones (excluding diaryl/α,β-unsaturated/α-hetero) is 1. The Morgan fingerprint density at radius 1 is 1.06 bits per heavy atom. The van der Waals surface area contributed by atoms with Crippen molar-refractivity contribution in [2.75, 3.05) is 0 Å². The summed E-state index contributed by atoms with van der Waals surface area (Å²) in [6.07, 6.45) is -8.96. The van der Waals surface area contributed by atoms with E-state index in [-0.39, 0.29) is 23.7 Å². The van der Waals surface area contributed by atoms with Gasteiger partial charge in [0.05, 0.1) is 11.0 Å². The number of carbonyl (C=O) groups excluding carboxylic acids is 2. The molecule has 0 bridgehead atoms. The van der Waals surface area contributed by atoms with Crippen molar-refractivity contribution in [3.63, 3.8) is 0 Å². The lowest BCUT2D eigenvalue weighted by Gasteiger charge is -2.38. The Morgan fingerprint density at radius 2 is 1.69 bits per heavy atom. The summed E-state index contributed by atoms with van der Waals surface area (Å²) in [4.78, 5) is 36.1. The van der Waals surface area contributed by atoms with Crippen molar-refractivity contribution in [1.29, 1.82) is 0 Å². The molecule has 0 unspecified atom stereocenters. The van der Waals surface area contributed by atoms with Crippen LogP contribution in [0.4, 0.5) is 0 Å². The van der Waals surface area contributed by atoms with E-state index in [9.17, 15) is 34.8 Å². The van der Waals surface area contributed by atoms with Gasteiger partial charge in [0.25, 0.3) is 0 Å². The molecule has 0 spiro atoms. The van der Waals surface area contributed by atoms with Crippen molar-refractivity contribution in [2.24, 2.45) is 11.3 Å². The molecule has 0 radical (unpaired) electrons. The maximum atomic E-state index is 12.8. The highest BCUT2D eigenvalue weighted by Gasteiger charge is 2.48. The van der Waals surface area contributed by atoms with E-state index in [0.717, 1.165) is 0 Å². The number of aliphatic hydroxyl groups excluding tert-OH is 3. The third-order valence-corrected chi connectivity index (χ3v) is 4.87. The lowest BCUT2D eigenvalue weighted by molar-refractivity contribution is -0.271. The number of hydrogen-bond acceptors (Lipinski definition) is 9.